The fraction of sp³-hybridized carbons (Fsp3) is 0.583. The van der Waals surface area contributed by atoms with Gasteiger partial charge in [0.1, 0.15) is 12.1 Å². The SMILES string of the molecule is CCCCOC(=O)N1CCN(C(=O)C(CCC(=O)OC)NC(=O)c2cc(OCC(=O)N3CCCC3C(=O)NC3CCC3)n(-c3ccccc3)n2)CC1. The predicted molar refractivity (Wildman–Crippen MR) is 186 cm³/mol. The number of nitrogens with zero attached hydrogens (tertiary/aromatic N) is 5. The number of esters is 1. The number of hydrogen-bond donors (Lipinski definition) is 2. The zero-order chi connectivity index (χ0) is 37.0. The lowest BCUT2D eigenvalue weighted by Gasteiger charge is -2.36. The molecular weight excluding hydrogens is 674 g/mol. The second kappa shape index (κ2) is 18.4. The first-order valence-corrected chi connectivity index (χ1v) is 18.1. The van der Waals surface area contributed by atoms with Gasteiger partial charge in [-0.1, -0.05) is 31.5 Å². The number of ether oxygens (including phenoxy) is 3. The molecule has 5 amide bonds. The summed E-state index contributed by atoms with van der Waals surface area (Å²) >= 11 is 0. The number of piperazine rings is 1. The van der Waals surface area contributed by atoms with E-state index in [4.69, 9.17) is 14.2 Å². The summed E-state index contributed by atoms with van der Waals surface area (Å²) in [5.41, 5.74) is 0.480. The number of likely N-dealkylation sites (tertiary alicyclic amines) is 1. The Morgan fingerprint density at radius 1 is 0.942 bits per heavy atom. The number of aromatic nitrogens is 2. The summed E-state index contributed by atoms with van der Waals surface area (Å²) in [4.78, 5) is 82.7. The lowest BCUT2D eigenvalue weighted by Crippen LogP contribution is -2.56. The van der Waals surface area contributed by atoms with Crippen LogP contribution in [-0.4, -0.2) is 131 Å². The van der Waals surface area contributed by atoms with Crippen molar-refractivity contribution in [3.05, 3.63) is 42.1 Å². The molecule has 52 heavy (non-hydrogen) atoms. The maximum atomic E-state index is 13.7. The molecule has 16 nitrogen and oxygen atoms in total. The number of benzene rings is 1. The summed E-state index contributed by atoms with van der Waals surface area (Å²) in [6, 6.07) is 8.79. The highest BCUT2D eigenvalue weighted by atomic mass is 16.6. The lowest BCUT2D eigenvalue weighted by atomic mass is 9.93. The highest BCUT2D eigenvalue weighted by Gasteiger charge is 2.36. The zero-order valence-electron chi connectivity index (χ0n) is 29.9. The largest absolute Gasteiger partial charge is 0.469 e. The molecule has 1 aromatic carbocycles. The van der Waals surface area contributed by atoms with E-state index in [2.05, 4.69) is 15.7 Å². The van der Waals surface area contributed by atoms with Crippen LogP contribution < -0.4 is 15.4 Å². The molecule has 0 spiro atoms. The third kappa shape index (κ3) is 9.79. The van der Waals surface area contributed by atoms with Crippen LogP contribution in [0.15, 0.2) is 36.4 Å². The van der Waals surface area contributed by atoms with Crippen molar-refractivity contribution in [2.75, 3.05) is 53.0 Å². The Hall–Kier alpha value is -5.15. The summed E-state index contributed by atoms with van der Waals surface area (Å²) in [7, 11) is 1.24. The highest BCUT2D eigenvalue weighted by Crippen LogP contribution is 2.24. The van der Waals surface area contributed by atoms with Gasteiger partial charge in [-0.3, -0.25) is 24.0 Å². The molecule has 282 valence electrons. The van der Waals surface area contributed by atoms with E-state index >= 15 is 0 Å². The van der Waals surface area contributed by atoms with Gasteiger partial charge in [0.05, 0.1) is 19.4 Å². The molecule has 2 aliphatic heterocycles. The molecule has 2 aromatic rings. The number of para-hydroxylation sites is 1. The average Bonchev–Trinajstić information content (AvgIpc) is 3.82. The third-order valence-electron chi connectivity index (χ3n) is 9.62. The van der Waals surface area contributed by atoms with Crippen molar-refractivity contribution in [2.45, 2.75) is 82.8 Å². The van der Waals surface area contributed by atoms with Gasteiger partial charge in [0, 0.05) is 51.3 Å². The number of methoxy groups -OCH3 is 1. The van der Waals surface area contributed by atoms with Crippen LogP contribution in [0.3, 0.4) is 0 Å². The summed E-state index contributed by atoms with van der Waals surface area (Å²) in [6.07, 6.45) is 5.34. The Kier molecular flexibility index (Phi) is 13.5. The second-order valence-electron chi connectivity index (χ2n) is 13.2. The molecule has 2 N–H and O–H groups in total. The Balaban J connectivity index is 1.26. The normalized spacial score (nSPS) is 17.9. The van der Waals surface area contributed by atoms with Crippen LogP contribution in [-0.2, 0) is 28.7 Å². The standard InChI is InChI=1S/C36H49N7O9/c1-3-4-22-51-36(49)41-20-18-40(19-21-41)35(48)27(15-16-32(45)50-2)38-33(46)28-23-31(43(39-28)26-12-6-5-7-13-26)52-24-30(44)42-17-9-14-29(42)34(47)37-25-10-8-11-25/h5-7,12-13,23,25,27,29H,3-4,8-11,14-22,24H2,1-2H3,(H,37,47)(H,38,46). The van der Waals surface area contributed by atoms with Crippen LogP contribution in [0.4, 0.5) is 4.79 Å². The minimum Gasteiger partial charge on any atom is -0.469 e. The first-order chi connectivity index (χ1) is 25.2. The van der Waals surface area contributed by atoms with E-state index in [1.165, 1.54) is 27.7 Å². The average molecular weight is 724 g/mol. The molecule has 3 aliphatic rings. The Morgan fingerprint density at radius 3 is 2.35 bits per heavy atom. The first kappa shape index (κ1) is 38.1. The highest BCUT2D eigenvalue weighted by molar-refractivity contribution is 5.96. The van der Waals surface area contributed by atoms with Gasteiger partial charge in [0.2, 0.25) is 17.7 Å². The Bertz CT molecular complexity index is 1570. The third-order valence-corrected chi connectivity index (χ3v) is 9.62. The van der Waals surface area contributed by atoms with Gasteiger partial charge in [-0.15, -0.1) is 0 Å². The van der Waals surface area contributed by atoms with Gasteiger partial charge in [0.25, 0.3) is 11.8 Å². The number of rotatable bonds is 15. The number of unbranched alkanes of at least 4 members (excludes halogenated alkanes) is 1. The second-order valence-corrected chi connectivity index (χ2v) is 13.2. The minimum absolute atomic E-state index is 0.0287. The van der Waals surface area contributed by atoms with Gasteiger partial charge in [0.15, 0.2) is 12.3 Å². The molecule has 16 heteroatoms. The smallest absolute Gasteiger partial charge is 0.409 e. The molecule has 2 unspecified atom stereocenters. The molecule has 0 bridgehead atoms. The summed E-state index contributed by atoms with van der Waals surface area (Å²) in [5.74, 6) is -2.05. The van der Waals surface area contributed by atoms with Gasteiger partial charge < -0.3 is 39.5 Å². The van der Waals surface area contributed by atoms with Gasteiger partial charge in [-0.05, 0) is 57.1 Å². The van der Waals surface area contributed by atoms with Crippen LogP contribution in [0.1, 0.15) is 75.2 Å². The van der Waals surface area contributed by atoms with E-state index in [9.17, 15) is 28.8 Å². The minimum atomic E-state index is -1.10. The van der Waals surface area contributed by atoms with E-state index in [-0.39, 0.29) is 75.1 Å². The van der Waals surface area contributed by atoms with E-state index in [1.807, 2.05) is 13.0 Å². The van der Waals surface area contributed by atoms with Gasteiger partial charge >= 0.3 is 12.1 Å². The van der Waals surface area contributed by atoms with Crippen LogP contribution in [0.2, 0.25) is 0 Å². The van der Waals surface area contributed by atoms with E-state index in [0.29, 0.717) is 31.7 Å². The number of carbonyl (C=O) groups is 6. The molecule has 0 radical (unpaired) electrons. The molecule has 2 saturated heterocycles. The van der Waals surface area contributed by atoms with Crippen molar-refractivity contribution in [3.63, 3.8) is 0 Å². The molecule has 1 saturated carbocycles. The zero-order valence-corrected chi connectivity index (χ0v) is 29.9. The maximum Gasteiger partial charge on any atom is 0.409 e. The summed E-state index contributed by atoms with van der Waals surface area (Å²) < 4.78 is 17.4. The van der Waals surface area contributed by atoms with Crippen molar-refractivity contribution in [1.29, 1.82) is 0 Å². The van der Waals surface area contributed by atoms with Crippen molar-refractivity contribution in [3.8, 4) is 11.6 Å². The monoisotopic (exact) mass is 723 g/mol. The first-order valence-electron chi connectivity index (χ1n) is 18.1. The summed E-state index contributed by atoms with van der Waals surface area (Å²) in [6.45, 7) is 3.36. The quantitative estimate of drug-likeness (QED) is 0.204. The number of carbonyl (C=O) groups excluding carboxylic acids is 6. The van der Waals surface area contributed by atoms with E-state index in [0.717, 1.165) is 32.1 Å². The Morgan fingerprint density at radius 2 is 1.67 bits per heavy atom. The van der Waals surface area contributed by atoms with Crippen molar-refractivity contribution in [2.24, 2.45) is 0 Å². The molecule has 1 aromatic heterocycles. The number of nitrogens with one attached hydrogen (secondary N) is 2. The van der Waals surface area contributed by atoms with Crippen LogP contribution in [0.5, 0.6) is 5.88 Å². The number of hydrogen-bond acceptors (Lipinski definition) is 10. The van der Waals surface area contributed by atoms with E-state index in [1.54, 1.807) is 29.2 Å². The van der Waals surface area contributed by atoms with Crippen molar-refractivity contribution in [1.82, 2.24) is 35.1 Å². The molecule has 3 fully saturated rings. The van der Waals surface area contributed by atoms with Gasteiger partial charge in [-0.2, -0.15) is 5.10 Å². The predicted octanol–water partition coefficient (Wildman–Crippen LogP) is 2.04. The molecule has 1 aliphatic carbocycles. The molecular formula is C36H49N7O9. The summed E-state index contributed by atoms with van der Waals surface area (Å²) in [5, 5.41) is 10.2. The maximum absolute atomic E-state index is 13.7. The molecule has 2 atom stereocenters. The van der Waals surface area contributed by atoms with Crippen LogP contribution in [0, 0.1) is 0 Å². The number of amides is 5. The van der Waals surface area contributed by atoms with E-state index < -0.39 is 36.0 Å². The fourth-order valence-corrected chi connectivity index (χ4v) is 6.32. The van der Waals surface area contributed by atoms with Crippen LogP contribution in [0.25, 0.3) is 5.69 Å². The van der Waals surface area contributed by atoms with Crippen molar-refractivity contribution >= 4 is 35.7 Å². The van der Waals surface area contributed by atoms with Crippen molar-refractivity contribution < 1.29 is 43.0 Å². The van der Waals surface area contributed by atoms with Gasteiger partial charge in [-0.25, -0.2) is 9.48 Å². The lowest BCUT2D eigenvalue weighted by molar-refractivity contribution is -0.141. The van der Waals surface area contributed by atoms with Crippen LogP contribution >= 0.6 is 0 Å². The topological polar surface area (TPSA) is 182 Å². The molecule has 3 heterocycles. The molecule has 5 rings (SSSR count). The Labute approximate surface area is 303 Å². The fourth-order valence-electron chi connectivity index (χ4n) is 6.32.